The first-order chi connectivity index (χ1) is 30.8. The Labute approximate surface area is 373 Å². The summed E-state index contributed by atoms with van der Waals surface area (Å²) in [5.74, 6) is 0.541. The number of amides is 2. The molecule has 2 amide bonds. The number of para-hydroxylation sites is 2. The summed E-state index contributed by atoms with van der Waals surface area (Å²) in [6.07, 6.45) is -4.00. The summed E-state index contributed by atoms with van der Waals surface area (Å²) >= 11 is 2.89. The summed E-state index contributed by atoms with van der Waals surface area (Å²) < 4.78 is 93.2. The van der Waals surface area contributed by atoms with Crippen LogP contribution < -0.4 is 18.9 Å². The molecule has 2 aromatic heterocycles. The summed E-state index contributed by atoms with van der Waals surface area (Å²) in [4.78, 5) is 38.7. The van der Waals surface area contributed by atoms with Crippen molar-refractivity contribution in [1.29, 1.82) is 0 Å². The van der Waals surface area contributed by atoms with Crippen molar-refractivity contribution in [2.75, 3.05) is 26.3 Å². The molecule has 6 aromatic rings. The van der Waals surface area contributed by atoms with Crippen LogP contribution in [0, 0.1) is 0 Å². The van der Waals surface area contributed by atoms with Crippen molar-refractivity contribution in [2.24, 2.45) is 0 Å². The number of aromatic nitrogens is 2. The molecule has 0 saturated carbocycles. The van der Waals surface area contributed by atoms with Gasteiger partial charge in [0.05, 0.1) is 23.5 Å². The molecule has 0 unspecified atom stereocenters. The maximum atomic E-state index is 12.9. The van der Waals surface area contributed by atoms with Gasteiger partial charge in [0, 0.05) is 35.0 Å². The number of hydrogen-bond donors (Lipinski definition) is 0. The van der Waals surface area contributed by atoms with Crippen molar-refractivity contribution in [3.8, 4) is 45.5 Å². The van der Waals surface area contributed by atoms with E-state index in [4.69, 9.17) is 9.47 Å². The molecule has 2 aliphatic rings. The molecule has 0 aliphatic carbocycles. The van der Waals surface area contributed by atoms with Crippen LogP contribution in [0.2, 0.25) is 0 Å². The number of benzene rings is 4. The Bertz CT molecular complexity index is 2250. The van der Waals surface area contributed by atoms with Crippen molar-refractivity contribution >= 4 is 34.5 Å². The van der Waals surface area contributed by atoms with E-state index in [-0.39, 0.29) is 48.6 Å². The number of carbonyl (C=O) groups is 2. The Morgan fingerprint density at radius 2 is 0.906 bits per heavy atom. The average molecular weight is 925 g/mol. The molecule has 0 spiro atoms. The number of piperidine rings is 2. The van der Waals surface area contributed by atoms with Gasteiger partial charge in [0.1, 0.15) is 33.0 Å². The Morgan fingerprint density at radius 1 is 0.531 bits per heavy atom. The van der Waals surface area contributed by atoms with Crippen molar-refractivity contribution in [2.45, 2.75) is 63.3 Å². The SMILES string of the molecule is O=C(COc1ccccc1)N1CCCC[C@@H]1c1nc(-c2ccc(OC(F)(F)F)cc2)cs1.O=C(COc1ccccc1)N1CCCC[C@@H]1c1nc(-c2ccc(OC(F)(F)F)cc2)cs1. The molecule has 0 bridgehead atoms. The molecule has 18 heteroatoms. The highest BCUT2D eigenvalue weighted by molar-refractivity contribution is 7.10. The highest BCUT2D eigenvalue weighted by Gasteiger charge is 2.34. The standard InChI is InChI=1S/2C23H21F3N2O3S/c2*24-23(25,26)31-18-11-9-16(10-12-18)19-15-32-22(27-19)20-8-4-5-13-28(20)21(29)14-30-17-6-2-1-3-7-17/h2*1-3,6-7,9-12,15,20H,4-5,8,13-14H2/t2*20-/m11/s1. The fourth-order valence-electron chi connectivity index (χ4n) is 7.26. The molecule has 0 radical (unpaired) electrons. The molecule has 336 valence electrons. The minimum absolute atomic E-state index is 0.0422. The van der Waals surface area contributed by atoms with Crippen molar-refractivity contribution in [3.05, 3.63) is 130 Å². The lowest BCUT2D eigenvalue weighted by Gasteiger charge is -2.34. The van der Waals surface area contributed by atoms with Crippen molar-refractivity contribution < 1.29 is 54.9 Å². The van der Waals surface area contributed by atoms with Gasteiger partial charge in [-0.25, -0.2) is 9.97 Å². The fraction of sp³-hybridized carbons (Fsp3) is 0.304. The number of likely N-dealkylation sites (tertiary alicyclic amines) is 2. The monoisotopic (exact) mass is 924 g/mol. The van der Waals surface area contributed by atoms with Crippen LogP contribution in [0.15, 0.2) is 120 Å². The Kier molecular flexibility index (Phi) is 15.1. The van der Waals surface area contributed by atoms with E-state index in [1.54, 1.807) is 24.3 Å². The minimum atomic E-state index is -4.73. The van der Waals surface area contributed by atoms with Gasteiger partial charge in [-0.1, -0.05) is 36.4 Å². The third-order valence-electron chi connectivity index (χ3n) is 10.2. The van der Waals surface area contributed by atoms with Gasteiger partial charge in [0.25, 0.3) is 11.8 Å². The second-order valence-electron chi connectivity index (χ2n) is 14.7. The van der Waals surface area contributed by atoms with E-state index in [0.29, 0.717) is 47.1 Å². The van der Waals surface area contributed by atoms with Gasteiger partial charge in [0.15, 0.2) is 13.2 Å². The van der Waals surface area contributed by atoms with E-state index >= 15 is 0 Å². The number of carbonyl (C=O) groups excluding carboxylic acids is 2. The fourth-order valence-corrected chi connectivity index (χ4v) is 9.21. The van der Waals surface area contributed by atoms with Crippen LogP contribution in [0.3, 0.4) is 0 Å². The van der Waals surface area contributed by atoms with Gasteiger partial charge >= 0.3 is 12.7 Å². The zero-order valence-corrected chi connectivity index (χ0v) is 35.7. The van der Waals surface area contributed by atoms with E-state index in [1.165, 1.54) is 71.2 Å². The van der Waals surface area contributed by atoms with Gasteiger partial charge in [-0.05, 0) is 111 Å². The van der Waals surface area contributed by atoms with E-state index in [1.807, 2.05) is 57.0 Å². The summed E-state index contributed by atoms with van der Waals surface area (Å²) in [5, 5.41) is 5.33. The molecule has 8 rings (SSSR count). The predicted octanol–water partition coefficient (Wildman–Crippen LogP) is 11.7. The molecular weight excluding hydrogens is 883 g/mol. The predicted molar refractivity (Wildman–Crippen MR) is 229 cm³/mol. The molecule has 4 heterocycles. The quantitative estimate of drug-likeness (QED) is 0.112. The lowest BCUT2D eigenvalue weighted by molar-refractivity contribution is -0.275. The van der Waals surface area contributed by atoms with E-state index in [9.17, 15) is 35.9 Å². The van der Waals surface area contributed by atoms with Crippen LogP contribution >= 0.6 is 22.7 Å². The van der Waals surface area contributed by atoms with Crippen LogP contribution in [0.25, 0.3) is 22.5 Å². The average Bonchev–Trinajstić information content (AvgIpc) is 4.00. The third kappa shape index (κ3) is 13.0. The summed E-state index contributed by atoms with van der Waals surface area (Å²) in [7, 11) is 0. The smallest absolute Gasteiger partial charge is 0.484 e. The largest absolute Gasteiger partial charge is 0.573 e. The topological polar surface area (TPSA) is 103 Å². The van der Waals surface area contributed by atoms with Crippen LogP contribution in [0.1, 0.15) is 60.6 Å². The van der Waals surface area contributed by atoms with Crippen LogP contribution in [-0.4, -0.2) is 70.6 Å². The number of ether oxygens (including phenoxy) is 4. The highest BCUT2D eigenvalue weighted by Crippen LogP contribution is 2.37. The number of alkyl halides is 6. The number of hydrogen-bond acceptors (Lipinski definition) is 10. The van der Waals surface area contributed by atoms with Gasteiger partial charge < -0.3 is 28.7 Å². The molecule has 2 aliphatic heterocycles. The van der Waals surface area contributed by atoms with E-state index in [0.717, 1.165) is 48.5 Å². The van der Waals surface area contributed by atoms with Gasteiger partial charge in [-0.3, -0.25) is 9.59 Å². The van der Waals surface area contributed by atoms with Crippen molar-refractivity contribution in [3.63, 3.8) is 0 Å². The minimum Gasteiger partial charge on any atom is -0.484 e. The van der Waals surface area contributed by atoms with Crippen LogP contribution in [0.5, 0.6) is 23.0 Å². The van der Waals surface area contributed by atoms with Gasteiger partial charge in [0.2, 0.25) is 0 Å². The molecule has 64 heavy (non-hydrogen) atoms. The Hall–Kier alpha value is -6.14. The molecule has 4 aromatic carbocycles. The number of nitrogens with zero attached hydrogens (tertiary/aromatic N) is 4. The second kappa shape index (κ2) is 21.0. The number of halogens is 6. The summed E-state index contributed by atoms with van der Waals surface area (Å²) in [5.41, 5.74) is 2.68. The lowest BCUT2D eigenvalue weighted by atomic mass is 10.0. The highest BCUT2D eigenvalue weighted by atomic mass is 32.1. The van der Waals surface area contributed by atoms with Crippen LogP contribution in [0.4, 0.5) is 26.3 Å². The summed E-state index contributed by atoms with van der Waals surface area (Å²) in [6.45, 7) is 1.19. The van der Waals surface area contributed by atoms with Gasteiger partial charge in [-0.15, -0.1) is 49.0 Å². The lowest BCUT2D eigenvalue weighted by Crippen LogP contribution is -2.41. The molecule has 2 saturated heterocycles. The van der Waals surface area contributed by atoms with Crippen LogP contribution in [-0.2, 0) is 9.59 Å². The molecule has 10 nitrogen and oxygen atoms in total. The maximum absolute atomic E-state index is 12.9. The zero-order valence-electron chi connectivity index (χ0n) is 34.1. The molecule has 0 N–H and O–H groups in total. The normalized spacial score (nSPS) is 16.6. The van der Waals surface area contributed by atoms with E-state index < -0.39 is 12.7 Å². The number of thiazole rings is 2. The van der Waals surface area contributed by atoms with Crippen molar-refractivity contribution in [1.82, 2.24) is 19.8 Å². The maximum Gasteiger partial charge on any atom is 0.573 e. The molecule has 2 fully saturated rings. The van der Waals surface area contributed by atoms with E-state index in [2.05, 4.69) is 19.4 Å². The molecule has 2 atom stereocenters. The second-order valence-corrected chi connectivity index (χ2v) is 16.5. The first-order valence-corrected chi connectivity index (χ1v) is 22.1. The Balaban J connectivity index is 0.000000191. The number of rotatable bonds is 12. The third-order valence-corrected chi connectivity index (χ3v) is 12.1. The summed E-state index contributed by atoms with van der Waals surface area (Å²) in [6, 6.07) is 29.3. The first-order valence-electron chi connectivity index (χ1n) is 20.4. The molecular formula is C46H42F6N4O6S2. The van der Waals surface area contributed by atoms with Gasteiger partial charge in [-0.2, -0.15) is 0 Å². The first kappa shape index (κ1) is 45.9. The Morgan fingerprint density at radius 3 is 1.27 bits per heavy atom. The zero-order chi connectivity index (χ0) is 45.1.